The Morgan fingerprint density at radius 2 is 1.83 bits per heavy atom. The Balaban J connectivity index is 2.99. The van der Waals surface area contributed by atoms with Crippen molar-refractivity contribution < 1.29 is 9.50 Å². The lowest BCUT2D eigenvalue weighted by Gasteiger charge is -1.99. The van der Waals surface area contributed by atoms with Gasteiger partial charge < -0.3 is 5.11 Å². The lowest BCUT2D eigenvalue weighted by atomic mass is 10.2. The fourth-order valence-electron chi connectivity index (χ4n) is 0. The first-order chi connectivity index (χ1) is 2.64. The molecule has 0 rings (SSSR count). The van der Waals surface area contributed by atoms with Crippen LogP contribution in [0.3, 0.4) is 0 Å². The molecule has 0 saturated carbocycles. The number of aliphatic hydroxyl groups is 1. The number of hydrogen-bond donors (Lipinski definition) is 1. The van der Waals surface area contributed by atoms with Crippen LogP contribution in [-0.2, 0) is 0 Å². The monoisotopic (exact) mass is 91.1 g/mol. The van der Waals surface area contributed by atoms with Gasteiger partial charge in [-0.05, 0) is 0 Å². The Hall–Kier alpha value is -0.110. The number of aliphatic hydroxyl groups excluding tert-OH is 1. The minimum atomic E-state index is -1.73. The lowest BCUT2D eigenvalue weighted by molar-refractivity contribution is 0.0569. The summed E-state index contributed by atoms with van der Waals surface area (Å²) in [4.78, 5) is 0. The van der Waals surface area contributed by atoms with E-state index in [2.05, 4.69) is 0 Å². The van der Waals surface area contributed by atoms with E-state index in [9.17, 15) is 4.39 Å². The van der Waals surface area contributed by atoms with Crippen molar-refractivity contribution in [1.82, 2.24) is 0 Å². The van der Waals surface area contributed by atoms with Gasteiger partial charge in [-0.2, -0.15) is 0 Å². The maximum absolute atomic E-state index is 11.3. The third kappa shape index (κ3) is 2.15. The normalized spacial score (nSPS) is 15.5. The second-order valence-electron chi connectivity index (χ2n) is 1.41. The molecule has 0 aromatic heterocycles. The first-order valence-corrected chi connectivity index (χ1v) is 1.77. The molecule has 0 aliphatic carbocycles. The van der Waals surface area contributed by atoms with Crippen LogP contribution in [0.2, 0.25) is 0 Å². The van der Waals surface area contributed by atoms with Gasteiger partial charge in [0, 0.05) is 5.92 Å². The van der Waals surface area contributed by atoms with Crippen LogP contribution in [0.5, 0.6) is 0 Å². The summed E-state index contributed by atoms with van der Waals surface area (Å²) >= 11 is 0. The fraction of sp³-hybridized carbons (Fsp3) is 0.750. The van der Waals surface area contributed by atoms with Gasteiger partial charge in [-0.15, -0.1) is 0 Å². The fourth-order valence-corrected chi connectivity index (χ4v) is 0. The molecule has 37 valence electrons. The molecule has 6 heavy (non-hydrogen) atoms. The molecular weight excluding hydrogens is 83.0 g/mol. The largest absolute Gasteiger partial charge is 0.364 e. The predicted octanol–water partition coefficient (Wildman–Crippen LogP) is 0.889. The van der Waals surface area contributed by atoms with E-state index >= 15 is 0 Å². The van der Waals surface area contributed by atoms with Crippen molar-refractivity contribution in [2.24, 2.45) is 0 Å². The Kier molecular flexibility index (Phi) is 2.09. The third-order valence-corrected chi connectivity index (χ3v) is 0.476. The molecule has 0 amide bonds. The molecule has 0 heterocycles. The van der Waals surface area contributed by atoms with Gasteiger partial charge in [0.05, 0.1) is 0 Å². The smallest absolute Gasteiger partial charge is 0.202 e. The highest BCUT2D eigenvalue weighted by molar-refractivity contribution is 4.78. The van der Waals surface area contributed by atoms with E-state index in [0.717, 1.165) is 0 Å². The van der Waals surface area contributed by atoms with Crippen LogP contribution in [0.1, 0.15) is 13.8 Å². The van der Waals surface area contributed by atoms with E-state index in [0.29, 0.717) is 5.92 Å². The Labute approximate surface area is 36.8 Å². The van der Waals surface area contributed by atoms with Crippen LogP contribution in [0.4, 0.5) is 4.39 Å². The first-order valence-electron chi connectivity index (χ1n) is 1.77. The van der Waals surface area contributed by atoms with E-state index in [-0.39, 0.29) is 0 Å². The molecule has 0 bridgehead atoms. The maximum atomic E-state index is 11.3. The molecular formula is C4H8FO. The highest BCUT2D eigenvalue weighted by atomic mass is 19.1. The van der Waals surface area contributed by atoms with Crippen LogP contribution in [0, 0.1) is 5.92 Å². The summed E-state index contributed by atoms with van der Waals surface area (Å²) in [5, 5.41) is 7.93. The number of halogens is 1. The van der Waals surface area contributed by atoms with E-state index < -0.39 is 6.36 Å². The van der Waals surface area contributed by atoms with Crippen molar-refractivity contribution in [3.8, 4) is 0 Å². The van der Waals surface area contributed by atoms with Gasteiger partial charge in [-0.1, -0.05) is 13.8 Å². The highest BCUT2D eigenvalue weighted by Gasteiger charge is 2.03. The SMILES string of the molecule is C[C](C)C(O)F. The summed E-state index contributed by atoms with van der Waals surface area (Å²) in [5.74, 6) is 0.398. The minimum absolute atomic E-state index is 0.398. The van der Waals surface area contributed by atoms with Gasteiger partial charge in [-0.3, -0.25) is 0 Å². The second-order valence-corrected chi connectivity index (χ2v) is 1.41. The standard InChI is InChI=1S/C4H8FO/c1-3(2)4(5)6/h4,6H,1-2H3. The van der Waals surface area contributed by atoms with E-state index in [1.807, 2.05) is 0 Å². The Morgan fingerprint density at radius 1 is 1.67 bits per heavy atom. The van der Waals surface area contributed by atoms with Crippen molar-refractivity contribution in [2.75, 3.05) is 0 Å². The summed E-state index contributed by atoms with van der Waals surface area (Å²) < 4.78 is 11.3. The van der Waals surface area contributed by atoms with E-state index in [1.54, 1.807) is 0 Å². The highest BCUT2D eigenvalue weighted by Crippen LogP contribution is 2.02. The molecule has 2 heteroatoms. The average Bonchev–Trinajstić information content (AvgIpc) is 1.36. The summed E-state index contributed by atoms with van der Waals surface area (Å²) in [5.41, 5.74) is 0. The van der Waals surface area contributed by atoms with Crippen molar-refractivity contribution in [1.29, 1.82) is 0 Å². The third-order valence-electron chi connectivity index (χ3n) is 0.476. The van der Waals surface area contributed by atoms with Crippen molar-refractivity contribution in [2.45, 2.75) is 20.2 Å². The van der Waals surface area contributed by atoms with Crippen LogP contribution < -0.4 is 0 Å². The summed E-state index contributed by atoms with van der Waals surface area (Å²) in [6.45, 7) is 3.06. The van der Waals surface area contributed by atoms with Gasteiger partial charge in [0.1, 0.15) is 0 Å². The van der Waals surface area contributed by atoms with E-state index in [4.69, 9.17) is 5.11 Å². The van der Waals surface area contributed by atoms with Gasteiger partial charge >= 0.3 is 0 Å². The van der Waals surface area contributed by atoms with Gasteiger partial charge in [0.2, 0.25) is 6.36 Å². The molecule has 1 atom stereocenters. The van der Waals surface area contributed by atoms with Crippen molar-refractivity contribution >= 4 is 0 Å². The molecule has 0 aliphatic heterocycles. The van der Waals surface area contributed by atoms with Crippen molar-refractivity contribution in [3.05, 3.63) is 5.92 Å². The minimum Gasteiger partial charge on any atom is -0.364 e. The average molecular weight is 91.1 g/mol. The topological polar surface area (TPSA) is 20.2 Å². The molecule has 0 spiro atoms. The molecule has 1 N–H and O–H groups in total. The molecule has 0 saturated heterocycles. The number of hydrogen-bond acceptors (Lipinski definition) is 1. The number of rotatable bonds is 1. The van der Waals surface area contributed by atoms with Gasteiger partial charge in [-0.25, -0.2) is 4.39 Å². The zero-order valence-electron chi connectivity index (χ0n) is 3.90. The molecule has 0 aromatic rings. The summed E-state index contributed by atoms with van der Waals surface area (Å²) in [6, 6.07) is 0. The molecule has 0 fully saturated rings. The van der Waals surface area contributed by atoms with E-state index in [1.165, 1.54) is 13.8 Å². The van der Waals surface area contributed by atoms with Crippen LogP contribution in [0.25, 0.3) is 0 Å². The van der Waals surface area contributed by atoms with Crippen LogP contribution in [0.15, 0.2) is 0 Å². The first kappa shape index (κ1) is 5.89. The van der Waals surface area contributed by atoms with Gasteiger partial charge in [0.15, 0.2) is 0 Å². The summed E-state index contributed by atoms with van der Waals surface area (Å²) in [7, 11) is 0. The second kappa shape index (κ2) is 2.13. The van der Waals surface area contributed by atoms with Crippen LogP contribution in [-0.4, -0.2) is 11.5 Å². The lowest BCUT2D eigenvalue weighted by Crippen LogP contribution is -2.03. The molecule has 0 aliphatic rings. The molecule has 1 nitrogen and oxygen atoms in total. The number of alkyl halides is 1. The quantitative estimate of drug-likeness (QED) is 0.508. The zero-order chi connectivity index (χ0) is 5.15. The maximum Gasteiger partial charge on any atom is 0.202 e. The molecule has 1 radical (unpaired) electrons. The summed E-state index contributed by atoms with van der Waals surface area (Å²) in [6.07, 6.45) is -1.73. The Morgan fingerprint density at radius 3 is 1.83 bits per heavy atom. The van der Waals surface area contributed by atoms with Crippen molar-refractivity contribution in [3.63, 3.8) is 0 Å². The predicted molar refractivity (Wildman–Crippen MR) is 21.7 cm³/mol. The molecule has 1 unspecified atom stereocenters. The Bertz CT molecular complexity index is 28.5. The van der Waals surface area contributed by atoms with Gasteiger partial charge in [0.25, 0.3) is 0 Å². The molecule has 0 aromatic carbocycles. The zero-order valence-corrected chi connectivity index (χ0v) is 3.90. The van der Waals surface area contributed by atoms with Crippen LogP contribution >= 0.6 is 0 Å².